The maximum absolute atomic E-state index is 12.7. The third-order valence-electron chi connectivity index (χ3n) is 3.74. The first-order chi connectivity index (χ1) is 6.80. The summed E-state index contributed by atoms with van der Waals surface area (Å²) < 4.78 is 12.7. The van der Waals surface area contributed by atoms with E-state index in [9.17, 15) is 4.39 Å². The maximum Gasteiger partial charge on any atom is 0.123 e. The molecule has 2 fully saturated rings. The lowest BCUT2D eigenvalue weighted by Gasteiger charge is -2.06. The van der Waals surface area contributed by atoms with Gasteiger partial charge in [-0.25, -0.2) is 4.39 Å². The Morgan fingerprint density at radius 3 is 2.71 bits per heavy atom. The Hall–Kier alpha value is -0.890. The highest BCUT2D eigenvalue weighted by Crippen LogP contribution is 2.62. The molecule has 0 aromatic heterocycles. The molecule has 1 nitrogen and oxygen atoms in total. The molecule has 1 saturated heterocycles. The van der Waals surface area contributed by atoms with Crippen molar-refractivity contribution in [2.75, 3.05) is 13.1 Å². The van der Waals surface area contributed by atoms with Crippen LogP contribution in [0.25, 0.3) is 0 Å². The van der Waals surface area contributed by atoms with E-state index in [-0.39, 0.29) is 5.82 Å². The van der Waals surface area contributed by atoms with Gasteiger partial charge in [0.05, 0.1) is 0 Å². The number of hydrogen-bond donors (Lipinski definition) is 1. The summed E-state index contributed by atoms with van der Waals surface area (Å²) in [6.45, 7) is 2.30. The Labute approximate surface area is 83.3 Å². The number of halogens is 1. The predicted octanol–water partition coefficient (Wildman–Crippen LogP) is 2.29. The van der Waals surface area contributed by atoms with Crippen molar-refractivity contribution in [1.82, 2.24) is 5.32 Å². The molecule has 0 amide bonds. The van der Waals surface area contributed by atoms with Crippen LogP contribution < -0.4 is 5.32 Å². The van der Waals surface area contributed by atoms with Crippen LogP contribution >= 0.6 is 0 Å². The molecule has 1 aromatic carbocycles. The lowest BCUT2D eigenvalue weighted by atomic mass is 9.98. The van der Waals surface area contributed by atoms with Crippen LogP contribution in [0.4, 0.5) is 4.39 Å². The van der Waals surface area contributed by atoms with Crippen molar-refractivity contribution >= 4 is 0 Å². The summed E-state index contributed by atoms with van der Waals surface area (Å²) >= 11 is 0. The molecule has 2 atom stereocenters. The average molecular weight is 191 g/mol. The van der Waals surface area contributed by atoms with Crippen molar-refractivity contribution in [1.29, 1.82) is 0 Å². The number of benzene rings is 1. The SMILES string of the molecule is Fc1ccc([C@H]2C[C@]23CCNC3)cc1. The molecule has 2 aliphatic rings. The smallest absolute Gasteiger partial charge is 0.123 e. The number of nitrogens with one attached hydrogen (secondary N) is 1. The van der Waals surface area contributed by atoms with E-state index >= 15 is 0 Å². The van der Waals surface area contributed by atoms with Crippen molar-refractivity contribution in [3.05, 3.63) is 35.6 Å². The summed E-state index contributed by atoms with van der Waals surface area (Å²) in [6.07, 6.45) is 2.57. The molecular weight excluding hydrogens is 177 g/mol. The first kappa shape index (κ1) is 8.42. The Bertz CT molecular complexity index is 338. The van der Waals surface area contributed by atoms with Gasteiger partial charge in [0, 0.05) is 6.54 Å². The monoisotopic (exact) mass is 191 g/mol. The predicted molar refractivity (Wildman–Crippen MR) is 53.7 cm³/mol. The second-order valence-corrected chi connectivity index (χ2v) is 4.60. The highest BCUT2D eigenvalue weighted by Gasteiger charge is 2.55. The van der Waals surface area contributed by atoms with Gasteiger partial charge in [0.1, 0.15) is 5.82 Å². The van der Waals surface area contributed by atoms with Crippen LogP contribution in [0.3, 0.4) is 0 Å². The molecule has 2 heteroatoms. The van der Waals surface area contributed by atoms with Crippen molar-refractivity contribution in [2.24, 2.45) is 5.41 Å². The van der Waals surface area contributed by atoms with Gasteiger partial charge in [0.2, 0.25) is 0 Å². The molecule has 0 bridgehead atoms. The molecular formula is C12H14FN. The first-order valence-electron chi connectivity index (χ1n) is 5.26. The lowest BCUT2D eigenvalue weighted by molar-refractivity contribution is 0.548. The molecule has 1 aliphatic carbocycles. The quantitative estimate of drug-likeness (QED) is 0.718. The van der Waals surface area contributed by atoms with E-state index in [1.165, 1.54) is 18.4 Å². The lowest BCUT2D eigenvalue weighted by Crippen LogP contribution is -2.10. The third-order valence-corrected chi connectivity index (χ3v) is 3.74. The van der Waals surface area contributed by atoms with Gasteiger partial charge in [-0.1, -0.05) is 12.1 Å². The Morgan fingerprint density at radius 1 is 1.29 bits per heavy atom. The summed E-state index contributed by atoms with van der Waals surface area (Å²) in [5.74, 6) is 0.547. The molecule has 1 aliphatic heterocycles. The van der Waals surface area contributed by atoms with Crippen LogP contribution in [0.15, 0.2) is 24.3 Å². The highest BCUT2D eigenvalue weighted by molar-refractivity contribution is 5.31. The molecule has 3 rings (SSSR count). The van der Waals surface area contributed by atoms with Crippen molar-refractivity contribution in [3.63, 3.8) is 0 Å². The van der Waals surface area contributed by atoms with Gasteiger partial charge < -0.3 is 5.32 Å². The Balaban J connectivity index is 1.82. The van der Waals surface area contributed by atoms with E-state index in [1.807, 2.05) is 12.1 Å². The summed E-state index contributed by atoms with van der Waals surface area (Å²) in [7, 11) is 0. The summed E-state index contributed by atoms with van der Waals surface area (Å²) in [4.78, 5) is 0. The van der Waals surface area contributed by atoms with Crippen LogP contribution in [0, 0.1) is 11.2 Å². The minimum atomic E-state index is -0.131. The minimum Gasteiger partial charge on any atom is -0.316 e. The summed E-state index contributed by atoms with van der Waals surface area (Å²) in [6, 6.07) is 7.02. The van der Waals surface area contributed by atoms with E-state index in [1.54, 1.807) is 12.1 Å². The minimum absolute atomic E-state index is 0.131. The summed E-state index contributed by atoms with van der Waals surface area (Å²) in [5, 5.41) is 3.41. The molecule has 14 heavy (non-hydrogen) atoms. The van der Waals surface area contributed by atoms with E-state index < -0.39 is 0 Å². The van der Waals surface area contributed by atoms with E-state index in [0.29, 0.717) is 11.3 Å². The molecule has 1 aromatic rings. The number of rotatable bonds is 1. The Kier molecular flexibility index (Phi) is 1.68. The van der Waals surface area contributed by atoms with Gasteiger partial charge in [0.15, 0.2) is 0 Å². The van der Waals surface area contributed by atoms with Gasteiger partial charge in [-0.3, -0.25) is 0 Å². The van der Waals surface area contributed by atoms with Crippen molar-refractivity contribution in [2.45, 2.75) is 18.8 Å². The van der Waals surface area contributed by atoms with Gasteiger partial charge >= 0.3 is 0 Å². The van der Waals surface area contributed by atoms with Crippen LogP contribution in [0.2, 0.25) is 0 Å². The first-order valence-corrected chi connectivity index (χ1v) is 5.26. The van der Waals surface area contributed by atoms with E-state index in [0.717, 1.165) is 13.1 Å². The van der Waals surface area contributed by atoms with Crippen LogP contribution in [-0.2, 0) is 0 Å². The van der Waals surface area contributed by atoms with Gasteiger partial charge in [-0.15, -0.1) is 0 Å². The van der Waals surface area contributed by atoms with Gasteiger partial charge in [0.25, 0.3) is 0 Å². The van der Waals surface area contributed by atoms with Crippen LogP contribution in [0.5, 0.6) is 0 Å². The molecule has 1 heterocycles. The maximum atomic E-state index is 12.7. The second kappa shape index (κ2) is 2.80. The van der Waals surface area contributed by atoms with Gasteiger partial charge in [-0.2, -0.15) is 0 Å². The van der Waals surface area contributed by atoms with E-state index in [4.69, 9.17) is 0 Å². The third kappa shape index (κ3) is 1.17. The fourth-order valence-corrected chi connectivity index (χ4v) is 2.75. The van der Waals surface area contributed by atoms with Crippen LogP contribution in [0.1, 0.15) is 24.3 Å². The van der Waals surface area contributed by atoms with Crippen LogP contribution in [-0.4, -0.2) is 13.1 Å². The molecule has 1 N–H and O–H groups in total. The molecule has 1 saturated carbocycles. The number of hydrogen-bond acceptors (Lipinski definition) is 1. The standard InChI is InChI=1S/C12H14FN/c13-10-3-1-9(2-4-10)11-7-12(11)5-6-14-8-12/h1-4,11,14H,5-8H2/t11-,12+/m1/s1. The molecule has 0 unspecified atom stereocenters. The molecule has 74 valence electrons. The zero-order valence-electron chi connectivity index (χ0n) is 8.09. The zero-order valence-corrected chi connectivity index (χ0v) is 8.09. The van der Waals surface area contributed by atoms with E-state index in [2.05, 4.69) is 5.32 Å². The normalized spacial score (nSPS) is 35.1. The fourth-order valence-electron chi connectivity index (χ4n) is 2.75. The van der Waals surface area contributed by atoms with Gasteiger partial charge in [-0.05, 0) is 48.4 Å². The topological polar surface area (TPSA) is 12.0 Å². The average Bonchev–Trinajstić information content (AvgIpc) is 2.68. The largest absolute Gasteiger partial charge is 0.316 e. The Morgan fingerprint density at radius 2 is 2.07 bits per heavy atom. The van der Waals surface area contributed by atoms with Crippen molar-refractivity contribution in [3.8, 4) is 0 Å². The molecule has 0 radical (unpaired) electrons. The zero-order chi connectivity index (χ0) is 9.60. The molecule has 1 spiro atoms. The van der Waals surface area contributed by atoms with Crippen molar-refractivity contribution < 1.29 is 4.39 Å². The fraction of sp³-hybridized carbons (Fsp3) is 0.500. The second-order valence-electron chi connectivity index (χ2n) is 4.60. The highest BCUT2D eigenvalue weighted by atomic mass is 19.1. The summed E-state index contributed by atoms with van der Waals surface area (Å²) in [5.41, 5.74) is 1.84.